The molecule has 0 atom stereocenters. The van der Waals surface area contributed by atoms with E-state index in [1.54, 1.807) is 42.6 Å². The summed E-state index contributed by atoms with van der Waals surface area (Å²) < 4.78 is 10.4. The third-order valence-corrected chi connectivity index (χ3v) is 3.83. The molecule has 0 aliphatic rings. The van der Waals surface area contributed by atoms with Crippen LogP contribution in [0.15, 0.2) is 42.7 Å². The van der Waals surface area contributed by atoms with E-state index in [2.05, 4.69) is 10.3 Å². The van der Waals surface area contributed by atoms with Crippen molar-refractivity contribution in [3.05, 3.63) is 48.3 Å². The molecule has 26 heavy (non-hydrogen) atoms. The predicted octanol–water partition coefficient (Wildman–Crippen LogP) is 2.48. The Labute approximate surface area is 152 Å². The topological polar surface area (TPSA) is 80.8 Å². The van der Waals surface area contributed by atoms with Crippen molar-refractivity contribution in [1.82, 2.24) is 9.88 Å². The van der Waals surface area contributed by atoms with E-state index in [4.69, 9.17) is 9.47 Å². The van der Waals surface area contributed by atoms with Crippen LogP contribution in [-0.2, 0) is 16.1 Å². The molecule has 0 saturated heterocycles. The summed E-state index contributed by atoms with van der Waals surface area (Å²) >= 11 is 0. The molecule has 1 N–H and O–H groups in total. The summed E-state index contributed by atoms with van der Waals surface area (Å²) in [5.41, 5.74) is 1.47. The molecule has 2 aromatic rings. The molecule has 1 aromatic carbocycles. The molecule has 0 aliphatic carbocycles. The third kappa shape index (κ3) is 5.47. The van der Waals surface area contributed by atoms with Crippen molar-refractivity contribution >= 4 is 17.5 Å². The van der Waals surface area contributed by atoms with Crippen LogP contribution >= 0.6 is 0 Å². The number of carbonyl (C=O) groups is 2. The summed E-state index contributed by atoms with van der Waals surface area (Å²) in [7, 11) is 3.08. The molecule has 2 rings (SSSR count). The minimum absolute atomic E-state index is 0.0938. The molecule has 0 fully saturated rings. The number of benzene rings is 1. The summed E-state index contributed by atoms with van der Waals surface area (Å²) in [6.45, 7) is 2.22. The predicted molar refractivity (Wildman–Crippen MR) is 98.1 cm³/mol. The van der Waals surface area contributed by atoms with Crippen molar-refractivity contribution in [2.75, 3.05) is 26.1 Å². The van der Waals surface area contributed by atoms with Crippen LogP contribution in [0, 0.1) is 0 Å². The van der Waals surface area contributed by atoms with E-state index in [0.29, 0.717) is 30.3 Å². The monoisotopic (exact) mass is 357 g/mol. The zero-order valence-corrected chi connectivity index (χ0v) is 15.2. The quantitative estimate of drug-likeness (QED) is 0.785. The minimum Gasteiger partial charge on any atom is -0.497 e. The number of rotatable bonds is 8. The lowest BCUT2D eigenvalue weighted by molar-refractivity contribution is -0.129. The Morgan fingerprint density at radius 3 is 2.62 bits per heavy atom. The van der Waals surface area contributed by atoms with Crippen LogP contribution in [0.3, 0.4) is 0 Å². The summed E-state index contributed by atoms with van der Waals surface area (Å²) in [6.07, 6.45) is 3.56. The number of amides is 2. The average Bonchev–Trinajstić information content (AvgIpc) is 2.66. The van der Waals surface area contributed by atoms with E-state index >= 15 is 0 Å². The maximum atomic E-state index is 12.3. The van der Waals surface area contributed by atoms with E-state index in [1.807, 2.05) is 12.1 Å². The SMILES string of the molecule is COc1ccc(NC(=O)CCN(Cc2cccnc2)C(C)=O)c(OC)c1. The summed E-state index contributed by atoms with van der Waals surface area (Å²) in [5, 5.41) is 2.80. The molecule has 138 valence electrons. The minimum atomic E-state index is -0.203. The van der Waals surface area contributed by atoms with Gasteiger partial charge >= 0.3 is 0 Å². The van der Waals surface area contributed by atoms with Gasteiger partial charge in [-0.1, -0.05) is 6.07 Å². The Hall–Kier alpha value is -3.09. The molecule has 0 bridgehead atoms. The van der Waals surface area contributed by atoms with Gasteiger partial charge in [0.25, 0.3) is 0 Å². The lowest BCUT2D eigenvalue weighted by Crippen LogP contribution is -2.31. The van der Waals surface area contributed by atoms with Gasteiger partial charge in [0.15, 0.2) is 0 Å². The average molecular weight is 357 g/mol. The van der Waals surface area contributed by atoms with Crippen molar-refractivity contribution in [1.29, 1.82) is 0 Å². The Bertz CT molecular complexity index is 750. The van der Waals surface area contributed by atoms with Crippen LogP contribution in [0.25, 0.3) is 0 Å². The highest BCUT2D eigenvalue weighted by Crippen LogP contribution is 2.29. The smallest absolute Gasteiger partial charge is 0.226 e. The number of carbonyl (C=O) groups excluding carboxylic acids is 2. The van der Waals surface area contributed by atoms with Crippen LogP contribution in [0.4, 0.5) is 5.69 Å². The first-order chi connectivity index (χ1) is 12.5. The van der Waals surface area contributed by atoms with Crippen molar-refractivity contribution in [3.8, 4) is 11.5 Å². The molecule has 1 heterocycles. The lowest BCUT2D eigenvalue weighted by atomic mass is 10.2. The van der Waals surface area contributed by atoms with E-state index < -0.39 is 0 Å². The first-order valence-electron chi connectivity index (χ1n) is 8.19. The molecule has 0 radical (unpaired) electrons. The number of nitrogens with zero attached hydrogens (tertiary/aromatic N) is 2. The first kappa shape index (κ1) is 19.2. The Morgan fingerprint density at radius 2 is 2.00 bits per heavy atom. The molecule has 7 heteroatoms. The molecule has 7 nitrogen and oxygen atoms in total. The molecular weight excluding hydrogens is 334 g/mol. The largest absolute Gasteiger partial charge is 0.497 e. The van der Waals surface area contributed by atoms with E-state index in [0.717, 1.165) is 5.56 Å². The van der Waals surface area contributed by atoms with Crippen molar-refractivity contribution in [3.63, 3.8) is 0 Å². The fourth-order valence-corrected chi connectivity index (χ4v) is 2.41. The van der Waals surface area contributed by atoms with Crippen LogP contribution < -0.4 is 14.8 Å². The van der Waals surface area contributed by atoms with Crippen LogP contribution in [0.2, 0.25) is 0 Å². The number of anilines is 1. The van der Waals surface area contributed by atoms with Crippen LogP contribution in [0.1, 0.15) is 18.9 Å². The summed E-state index contributed by atoms with van der Waals surface area (Å²) in [5.74, 6) is 0.852. The van der Waals surface area contributed by atoms with Gasteiger partial charge in [-0.05, 0) is 23.8 Å². The highest BCUT2D eigenvalue weighted by molar-refractivity contribution is 5.92. The van der Waals surface area contributed by atoms with Gasteiger partial charge in [0.2, 0.25) is 11.8 Å². The number of aromatic nitrogens is 1. The normalized spacial score (nSPS) is 10.1. The zero-order chi connectivity index (χ0) is 18.9. The first-order valence-corrected chi connectivity index (χ1v) is 8.19. The maximum Gasteiger partial charge on any atom is 0.226 e. The number of pyridine rings is 1. The van der Waals surface area contributed by atoms with Gasteiger partial charge in [-0.15, -0.1) is 0 Å². The van der Waals surface area contributed by atoms with Gasteiger partial charge in [-0.25, -0.2) is 0 Å². The van der Waals surface area contributed by atoms with Crippen molar-refractivity contribution < 1.29 is 19.1 Å². The fraction of sp³-hybridized carbons (Fsp3) is 0.316. The third-order valence-electron chi connectivity index (χ3n) is 3.83. The number of nitrogens with one attached hydrogen (secondary N) is 1. The van der Waals surface area contributed by atoms with Crippen molar-refractivity contribution in [2.45, 2.75) is 19.9 Å². The lowest BCUT2D eigenvalue weighted by Gasteiger charge is -2.21. The standard InChI is InChI=1S/C19H23N3O4/c1-14(23)22(13-15-5-4-9-20-12-15)10-8-19(24)21-17-7-6-16(25-2)11-18(17)26-3/h4-7,9,11-12H,8,10,13H2,1-3H3,(H,21,24). The van der Waals surface area contributed by atoms with Crippen LogP contribution in [-0.4, -0.2) is 42.5 Å². The summed E-state index contributed by atoms with van der Waals surface area (Å²) in [4.78, 5) is 29.7. The van der Waals surface area contributed by atoms with Crippen LogP contribution in [0.5, 0.6) is 11.5 Å². The number of ether oxygens (including phenoxy) is 2. The number of hydrogen-bond acceptors (Lipinski definition) is 5. The zero-order valence-electron chi connectivity index (χ0n) is 15.2. The second-order valence-electron chi connectivity index (χ2n) is 5.67. The molecule has 1 aromatic heterocycles. The van der Waals surface area contributed by atoms with Gasteiger partial charge in [0.05, 0.1) is 19.9 Å². The molecule has 0 spiro atoms. The molecule has 0 saturated carbocycles. The Kier molecular flexibility index (Phi) is 6.96. The molecule has 0 aliphatic heterocycles. The molecule has 2 amide bonds. The Morgan fingerprint density at radius 1 is 1.19 bits per heavy atom. The highest BCUT2D eigenvalue weighted by atomic mass is 16.5. The van der Waals surface area contributed by atoms with Gasteiger partial charge < -0.3 is 19.7 Å². The van der Waals surface area contributed by atoms with Gasteiger partial charge in [0, 0.05) is 44.9 Å². The Balaban J connectivity index is 1.95. The highest BCUT2D eigenvalue weighted by Gasteiger charge is 2.14. The van der Waals surface area contributed by atoms with Gasteiger partial charge in [-0.3, -0.25) is 14.6 Å². The maximum absolute atomic E-state index is 12.3. The molecule has 0 unspecified atom stereocenters. The summed E-state index contributed by atoms with van der Waals surface area (Å²) in [6, 6.07) is 8.86. The molecular formula is C19H23N3O4. The number of methoxy groups -OCH3 is 2. The number of hydrogen-bond donors (Lipinski definition) is 1. The van der Waals surface area contributed by atoms with E-state index in [9.17, 15) is 9.59 Å². The second-order valence-corrected chi connectivity index (χ2v) is 5.67. The fourth-order valence-electron chi connectivity index (χ4n) is 2.41. The van der Waals surface area contributed by atoms with E-state index in [-0.39, 0.29) is 18.2 Å². The van der Waals surface area contributed by atoms with Gasteiger partial charge in [-0.2, -0.15) is 0 Å². The van der Waals surface area contributed by atoms with Crippen molar-refractivity contribution in [2.24, 2.45) is 0 Å². The second kappa shape index (κ2) is 9.41. The van der Waals surface area contributed by atoms with Gasteiger partial charge in [0.1, 0.15) is 11.5 Å². The van der Waals surface area contributed by atoms with E-state index in [1.165, 1.54) is 14.0 Å².